The highest BCUT2D eigenvalue weighted by Crippen LogP contribution is 2.37. The Hall–Kier alpha value is -3.43. The lowest BCUT2D eigenvalue weighted by Crippen LogP contribution is -2.16. The number of nitrogens with one attached hydrogen (secondary N) is 2. The molecule has 4 N–H and O–H groups in total. The van der Waals surface area contributed by atoms with E-state index in [4.69, 9.17) is 17.3 Å². The van der Waals surface area contributed by atoms with E-state index in [0.717, 1.165) is 56.2 Å². The minimum absolute atomic E-state index is 0.463. The summed E-state index contributed by atoms with van der Waals surface area (Å²) in [4.78, 5) is 0. The number of anilines is 1. The molecular weight excluding hydrogens is 462 g/mol. The number of halogens is 1. The highest BCUT2D eigenvalue weighted by atomic mass is 35.5. The topological polar surface area (TPSA) is 50.1 Å². The third kappa shape index (κ3) is 11.3. The van der Waals surface area contributed by atoms with Crippen LogP contribution < -0.4 is 16.4 Å². The molecule has 4 heteroatoms. The second kappa shape index (κ2) is 16.3. The fourth-order valence-corrected chi connectivity index (χ4v) is 3.03. The molecule has 1 aliphatic rings. The Bertz CT molecular complexity index is 1100. The van der Waals surface area contributed by atoms with Gasteiger partial charge in [0.25, 0.3) is 0 Å². The van der Waals surface area contributed by atoms with Crippen LogP contribution in [0.15, 0.2) is 131 Å². The molecule has 0 aliphatic heterocycles. The number of benzene rings is 1. The van der Waals surface area contributed by atoms with Crippen molar-refractivity contribution in [3.05, 3.63) is 137 Å². The van der Waals surface area contributed by atoms with Crippen molar-refractivity contribution in [3.8, 4) is 0 Å². The molecule has 36 heavy (non-hydrogen) atoms. The molecule has 194 valence electrons. The van der Waals surface area contributed by atoms with E-state index >= 15 is 0 Å². The molecule has 1 aromatic rings. The summed E-state index contributed by atoms with van der Waals surface area (Å²) >= 11 is 6.11. The summed E-state index contributed by atoms with van der Waals surface area (Å²) in [5, 5.41) is 7.20. The fraction of sp³-hybridized carbons (Fsp3) is 0.250. The average molecular weight is 506 g/mol. The molecule has 0 radical (unpaired) electrons. The van der Waals surface area contributed by atoms with Crippen LogP contribution in [0.5, 0.6) is 0 Å². The Kier molecular flexibility index (Phi) is 14.7. The Balaban J connectivity index is 0.00000185. The number of allylic oxidation sites excluding steroid dienone is 8. The first-order valence-corrected chi connectivity index (χ1v) is 12.4. The number of hydrogen-bond acceptors (Lipinski definition) is 3. The molecule has 0 bridgehead atoms. The van der Waals surface area contributed by atoms with E-state index in [9.17, 15) is 0 Å². The summed E-state index contributed by atoms with van der Waals surface area (Å²) in [5.41, 5.74) is 16.2. The normalized spacial score (nSPS) is 12.9. The average Bonchev–Trinajstić information content (AvgIpc) is 2.83. The van der Waals surface area contributed by atoms with E-state index in [1.165, 1.54) is 5.57 Å². The van der Waals surface area contributed by atoms with Crippen molar-refractivity contribution in [3.63, 3.8) is 0 Å². The van der Waals surface area contributed by atoms with Crippen LogP contribution in [0.1, 0.15) is 53.5 Å². The van der Waals surface area contributed by atoms with E-state index in [2.05, 4.69) is 62.2 Å². The van der Waals surface area contributed by atoms with Crippen LogP contribution in [-0.4, -0.2) is 0 Å². The second-order valence-corrected chi connectivity index (χ2v) is 9.03. The van der Waals surface area contributed by atoms with Crippen LogP contribution in [-0.2, 0) is 6.54 Å². The van der Waals surface area contributed by atoms with Gasteiger partial charge in [0.1, 0.15) is 0 Å². The largest absolute Gasteiger partial charge is 0.403 e. The predicted molar refractivity (Wildman–Crippen MR) is 164 cm³/mol. The lowest BCUT2D eigenvalue weighted by Gasteiger charge is -2.28. The minimum atomic E-state index is 0.463. The van der Waals surface area contributed by atoms with Crippen LogP contribution in [0.2, 0.25) is 0 Å². The first-order chi connectivity index (χ1) is 16.8. The zero-order valence-electron chi connectivity index (χ0n) is 23.1. The minimum Gasteiger partial charge on any atom is -0.403 e. The quantitative estimate of drug-likeness (QED) is 0.219. The Morgan fingerprint density at radius 3 is 2.11 bits per heavy atom. The van der Waals surface area contributed by atoms with Gasteiger partial charge in [-0.15, -0.1) is 6.58 Å². The van der Waals surface area contributed by atoms with Crippen LogP contribution in [0.3, 0.4) is 0 Å². The lowest BCUT2D eigenvalue weighted by molar-refractivity contribution is 0.829. The first-order valence-electron chi connectivity index (χ1n) is 12.0. The zero-order chi connectivity index (χ0) is 28.0. The molecule has 0 fully saturated rings. The lowest BCUT2D eigenvalue weighted by atomic mass is 9.85. The highest BCUT2D eigenvalue weighted by Gasteiger charge is 2.22. The fourth-order valence-electron chi connectivity index (χ4n) is 2.90. The summed E-state index contributed by atoms with van der Waals surface area (Å²) in [6.45, 7) is 36.0. The van der Waals surface area contributed by atoms with E-state index in [1.807, 2.05) is 65.8 Å². The summed E-state index contributed by atoms with van der Waals surface area (Å²) in [6.07, 6.45) is 4.37. The van der Waals surface area contributed by atoms with Crippen molar-refractivity contribution in [2.45, 2.75) is 54.5 Å². The summed E-state index contributed by atoms with van der Waals surface area (Å²) < 4.78 is 0. The number of hydrogen-bond donors (Lipinski definition) is 3. The first kappa shape index (κ1) is 32.6. The highest BCUT2D eigenvalue weighted by molar-refractivity contribution is 6.31. The Morgan fingerprint density at radius 1 is 1.03 bits per heavy atom. The van der Waals surface area contributed by atoms with Gasteiger partial charge in [0.2, 0.25) is 0 Å². The molecule has 0 heterocycles. The monoisotopic (exact) mass is 505 g/mol. The molecule has 0 atom stereocenters. The van der Waals surface area contributed by atoms with Gasteiger partial charge in [-0.2, -0.15) is 0 Å². The number of rotatable bonds is 10. The van der Waals surface area contributed by atoms with E-state index < -0.39 is 0 Å². The SMILES string of the molecule is C=C(/C=C(\C/C=C(\C)N)C(=C)Cl)C(=C)NCc1cccc(NC2=C(C)C(=C)C2=C)c1.C=C(C)C.CC. The van der Waals surface area contributed by atoms with E-state index in [-0.39, 0.29) is 0 Å². The Morgan fingerprint density at radius 2 is 1.61 bits per heavy atom. The van der Waals surface area contributed by atoms with Crippen LogP contribution in [0.4, 0.5) is 5.69 Å². The van der Waals surface area contributed by atoms with Crippen molar-refractivity contribution < 1.29 is 0 Å². The third-order valence-corrected chi connectivity index (χ3v) is 5.17. The molecule has 0 amide bonds. The zero-order valence-corrected chi connectivity index (χ0v) is 23.8. The molecule has 1 aromatic carbocycles. The van der Waals surface area contributed by atoms with Gasteiger partial charge in [0.05, 0.1) is 0 Å². The van der Waals surface area contributed by atoms with E-state index in [1.54, 1.807) is 0 Å². The van der Waals surface area contributed by atoms with Crippen LogP contribution in [0.25, 0.3) is 0 Å². The molecule has 0 aromatic heterocycles. The van der Waals surface area contributed by atoms with Gasteiger partial charge in [-0.05, 0) is 85.8 Å². The summed E-state index contributed by atoms with van der Waals surface area (Å²) in [7, 11) is 0. The molecule has 1 aliphatic carbocycles. The van der Waals surface area contributed by atoms with Gasteiger partial charge in [-0.3, -0.25) is 0 Å². The van der Waals surface area contributed by atoms with Crippen LogP contribution >= 0.6 is 11.6 Å². The molecular formula is C32H44ClN3. The third-order valence-electron chi connectivity index (χ3n) is 4.92. The van der Waals surface area contributed by atoms with Crippen molar-refractivity contribution >= 4 is 17.3 Å². The maximum Gasteiger partial charge on any atom is 0.0493 e. The van der Waals surface area contributed by atoms with Gasteiger partial charge in [-0.25, -0.2) is 0 Å². The molecule has 0 unspecified atom stereocenters. The standard InChI is InChI=1S/C26H30ClN3.C4H8.C2H6/c1-16(13-24(21(6)27)12-11-17(2)28)22(7)29-15-23-9-8-10-25(14-23)30-26-19(4)18(3)20(26)5;1-4(2)3;1-2/h8-11,13-14,29-30H,1,3-4,6-7,12,15,28H2,2,5H3;1H2,2-3H3;1-2H3/b17-11+,24-13+;;. The molecule has 0 spiro atoms. The second-order valence-electron chi connectivity index (χ2n) is 8.57. The maximum absolute atomic E-state index is 6.11. The maximum atomic E-state index is 6.11. The Labute approximate surface area is 224 Å². The predicted octanol–water partition coefficient (Wildman–Crippen LogP) is 9.20. The van der Waals surface area contributed by atoms with Crippen molar-refractivity contribution in [2.24, 2.45) is 5.73 Å². The van der Waals surface area contributed by atoms with Gasteiger partial charge in [-0.1, -0.05) is 82.1 Å². The molecule has 3 nitrogen and oxygen atoms in total. The summed E-state index contributed by atoms with van der Waals surface area (Å²) in [6, 6.07) is 8.19. The van der Waals surface area contributed by atoms with E-state index in [0.29, 0.717) is 18.0 Å². The molecule has 0 saturated heterocycles. The van der Waals surface area contributed by atoms with Crippen molar-refractivity contribution in [1.29, 1.82) is 0 Å². The molecule has 0 saturated carbocycles. The smallest absolute Gasteiger partial charge is 0.0493 e. The van der Waals surface area contributed by atoms with Crippen molar-refractivity contribution in [1.82, 2.24) is 5.32 Å². The van der Waals surface area contributed by atoms with Gasteiger partial charge < -0.3 is 16.4 Å². The van der Waals surface area contributed by atoms with Gasteiger partial charge >= 0.3 is 0 Å². The summed E-state index contributed by atoms with van der Waals surface area (Å²) in [5.74, 6) is 0. The molecule has 2 rings (SSSR count). The van der Waals surface area contributed by atoms with Gasteiger partial charge in [0, 0.05) is 34.4 Å². The van der Waals surface area contributed by atoms with Crippen molar-refractivity contribution in [2.75, 3.05) is 5.32 Å². The van der Waals surface area contributed by atoms with Crippen LogP contribution in [0, 0.1) is 0 Å². The number of nitrogens with two attached hydrogens (primary N) is 1. The van der Waals surface area contributed by atoms with Gasteiger partial charge in [0.15, 0.2) is 0 Å².